The molecule has 1 fully saturated rings. The minimum atomic E-state index is 0.332. The zero-order chi connectivity index (χ0) is 12.6. The maximum absolute atomic E-state index is 5.87. The van der Waals surface area contributed by atoms with Crippen molar-refractivity contribution in [3.05, 3.63) is 24.5 Å². The second-order valence-corrected chi connectivity index (χ2v) is 5.47. The quantitative estimate of drug-likeness (QED) is 0.866. The minimum Gasteiger partial charge on any atom is -0.384 e. The topological polar surface area (TPSA) is 55.9 Å². The van der Waals surface area contributed by atoms with Crippen LogP contribution in [0.1, 0.15) is 19.3 Å². The van der Waals surface area contributed by atoms with Crippen molar-refractivity contribution in [3.63, 3.8) is 0 Å². The molecule has 1 heterocycles. The number of hydrogen-bond donors (Lipinski definition) is 2. The fraction of sp³-hybridized carbons (Fsp3) is 0.500. The van der Waals surface area contributed by atoms with Crippen molar-refractivity contribution < 1.29 is 0 Å². The van der Waals surface area contributed by atoms with Crippen LogP contribution in [0.5, 0.6) is 0 Å². The van der Waals surface area contributed by atoms with Crippen molar-refractivity contribution >= 4 is 16.7 Å². The van der Waals surface area contributed by atoms with E-state index in [2.05, 4.69) is 28.5 Å². The van der Waals surface area contributed by atoms with E-state index in [4.69, 9.17) is 5.73 Å². The largest absolute Gasteiger partial charge is 0.384 e. The number of rotatable bonds is 4. The Morgan fingerprint density at radius 2 is 2.28 bits per heavy atom. The molecular formula is C14H20N4. The minimum absolute atomic E-state index is 0.332. The molecule has 1 aromatic heterocycles. The molecule has 18 heavy (non-hydrogen) atoms. The average molecular weight is 244 g/mol. The summed E-state index contributed by atoms with van der Waals surface area (Å²) >= 11 is 0. The number of fused-ring (bicyclic) bond motifs is 1. The zero-order valence-electron chi connectivity index (χ0n) is 10.8. The van der Waals surface area contributed by atoms with Gasteiger partial charge in [0.25, 0.3) is 0 Å². The molecule has 0 atom stereocenters. The van der Waals surface area contributed by atoms with E-state index in [0.717, 1.165) is 29.8 Å². The number of benzene rings is 1. The Kier molecular flexibility index (Phi) is 2.74. The van der Waals surface area contributed by atoms with Gasteiger partial charge in [0.2, 0.25) is 0 Å². The monoisotopic (exact) mass is 244 g/mol. The first-order chi connectivity index (χ1) is 8.72. The highest BCUT2D eigenvalue weighted by Gasteiger charge is 2.35. The number of imidazole rings is 1. The summed E-state index contributed by atoms with van der Waals surface area (Å²) in [6.07, 6.45) is 5.67. The lowest BCUT2D eigenvalue weighted by Gasteiger charge is -2.41. The number of anilines is 1. The molecule has 0 saturated heterocycles. The molecule has 0 radical (unpaired) electrons. The SMILES string of the molecule is Cn1cnc2cc(NCC3(CN)CCC3)ccc21. The van der Waals surface area contributed by atoms with Crippen molar-refractivity contribution in [2.45, 2.75) is 19.3 Å². The third kappa shape index (κ3) is 1.86. The van der Waals surface area contributed by atoms with Crippen LogP contribution in [0.2, 0.25) is 0 Å². The second-order valence-electron chi connectivity index (χ2n) is 5.47. The molecular weight excluding hydrogens is 224 g/mol. The summed E-state index contributed by atoms with van der Waals surface area (Å²) in [5, 5.41) is 3.51. The van der Waals surface area contributed by atoms with Crippen LogP contribution in [0.25, 0.3) is 11.0 Å². The van der Waals surface area contributed by atoms with Crippen LogP contribution >= 0.6 is 0 Å². The molecule has 3 rings (SSSR count). The summed E-state index contributed by atoms with van der Waals surface area (Å²) in [6.45, 7) is 1.76. The van der Waals surface area contributed by atoms with Gasteiger partial charge in [-0.05, 0) is 43.0 Å². The van der Waals surface area contributed by atoms with E-state index >= 15 is 0 Å². The number of nitrogens with zero attached hydrogens (tertiary/aromatic N) is 2. The maximum Gasteiger partial charge on any atom is 0.0955 e. The van der Waals surface area contributed by atoms with Crippen LogP contribution in [0, 0.1) is 5.41 Å². The van der Waals surface area contributed by atoms with Gasteiger partial charge in [0.15, 0.2) is 0 Å². The molecule has 1 aliphatic rings. The fourth-order valence-corrected chi connectivity index (χ4v) is 2.67. The molecule has 0 unspecified atom stereocenters. The molecule has 0 amide bonds. The van der Waals surface area contributed by atoms with Crippen molar-refractivity contribution in [1.29, 1.82) is 0 Å². The third-order valence-corrected chi connectivity index (χ3v) is 4.24. The van der Waals surface area contributed by atoms with Crippen LogP contribution in [-0.4, -0.2) is 22.6 Å². The number of aryl methyl sites for hydroxylation is 1. The molecule has 0 spiro atoms. The summed E-state index contributed by atoms with van der Waals surface area (Å²) in [6, 6.07) is 6.34. The first kappa shape index (κ1) is 11.5. The standard InChI is InChI=1S/C14H20N4/c1-18-10-17-12-7-11(3-4-13(12)18)16-9-14(8-15)5-2-6-14/h3-4,7,10,16H,2,5-6,8-9,15H2,1H3. The third-order valence-electron chi connectivity index (χ3n) is 4.24. The summed E-state index contributed by atoms with van der Waals surface area (Å²) in [7, 11) is 2.01. The predicted octanol–water partition coefficient (Wildman–Crippen LogP) is 2.11. The highest BCUT2D eigenvalue weighted by molar-refractivity contribution is 5.79. The molecule has 4 nitrogen and oxygen atoms in total. The molecule has 1 aromatic carbocycles. The lowest BCUT2D eigenvalue weighted by molar-refractivity contribution is 0.163. The molecule has 0 bridgehead atoms. The van der Waals surface area contributed by atoms with E-state index in [1.807, 2.05) is 17.9 Å². The smallest absolute Gasteiger partial charge is 0.0955 e. The van der Waals surface area contributed by atoms with Gasteiger partial charge in [0, 0.05) is 19.3 Å². The lowest BCUT2D eigenvalue weighted by Crippen LogP contribution is -2.42. The Balaban J connectivity index is 1.74. The summed E-state index contributed by atoms with van der Waals surface area (Å²) in [4.78, 5) is 4.38. The van der Waals surface area contributed by atoms with Crippen molar-refractivity contribution in [2.75, 3.05) is 18.4 Å². The van der Waals surface area contributed by atoms with Crippen molar-refractivity contribution in [1.82, 2.24) is 9.55 Å². The van der Waals surface area contributed by atoms with E-state index < -0.39 is 0 Å². The molecule has 0 aliphatic heterocycles. The van der Waals surface area contributed by atoms with Crippen molar-refractivity contribution in [2.24, 2.45) is 18.2 Å². The highest BCUT2D eigenvalue weighted by atomic mass is 15.0. The van der Waals surface area contributed by atoms with Gasteiger partial charge < -0.3 is 15.6 Å². The summed E-state index contributed by atoms with van der Waals surface area (Å²) in [5.41, 5.74) is 9.55. The van der Waals surface area contributed by atoms with Gasteiger partial charge in [-0.2, -0.15) is 0 Å². The Morgan fingerprint density at radius 3 is 2.94 bits per heavy atom. The number of nitrogens with two attached hydrogens (primary N) is 1. The average Bonchev–Trinajstić information content (AvgIpc) is 2.70. The van der Waals surface area contributed by atoms with Gasteiger partial charge in [0.05, 0.1) is 17.4 Å². The Morgan fingerprint density at radius 1 is 1.44 bits per heavy atom. The van der Waals surface area contributed by atoms with Crippen LogP contribution in [-0.2, 0) is 7.05 Å². The number of aromatic nitrogens is 2. The van der Waals surface area contributed by atoms with Gasteiger partial charge in [0.1, 0.15) is 0 Å². The van der Waals surface area contributed by atoms with Crippen LogP contribution in [0.15, 0.2) is 24.5 Å². The summed E-state index contributed by atoms with van der Waals surface area (Å²) in [5.74, 6) is 0. The predicted molar refractivity (Wildman–Crippen MR) is 74.5 cm³/mol. The van der Waals surface area contributed by atoms with Crippen LogP contribution < -0.4 is 11.1 Å². The van der Waals surface area contributed by atoms with Crippen LogP contribution in [0.4, 0.5) is 5.69 Å². The first-order valence-electron chi connectivity index (χ1n) is 6.57. The molecule has 1 saturated carbocycles. The second kappa shape index (κ2) is 4.28. The Bertz CT molecular complexity index is 548. The van der Waals surface area contributed by atoms with E-state index in [-0.39, 0.29) is 0 Å². The molecule has 3 N–H and O–H groups in total. The summed E-state index contributed by atoms with van der Waals surface area (Å²) < 4.78 is 2.03. The first-order valence-corrected chi connectivity index (χ1v) is 6.57. The number of nitrogens with one attached hydrogen (secondary N) is 1. The van der Waals surface area contributed by atoms with Gasteiger partial charge in [-0.1, -0.05) is 6.42 Å². The van der Waals surface area contributed by atoms with Gasteiger partial charge in [-0.15, -0.1) is 0 Å². The number of hydrogen-bond acceptors (Lipinski definition) is 3. The van der Waals surface area contributed by atoms with Crippen molar-refractivity contribution in [3.8, 4) is 0 Å². The Hall–Kier alpha value is -1.55. The molecule has 4 heteroatoms. The normalized spacial score (nSPS) is 17.7. The Labute approximate surface area is 107 Å². The van der Waals surface area contributed by atoms with Crippen LogP contribution in [0.3, 0.4) is 0 Å². The van der Waals surface area contributed by atoms with Gasteiger partial charge >= 0.3 is 0 Å². The molecule has 2 aromatic rings. The molecule has 96 valence electrons. The van der Waals surface area contributed by atoms with Gasteiger partial charge in [-0.25, -0.2) is 4.98 Å². The van der Waals surface area contributed by atoms with E-state index in [1.54, 1.807) is 0 Å². The van der Waals surface area contributed by atoms with E-state index in [0.29, 0.717) is 5.41 Å². The fourth-order valence-electron chi connectivity index (χ4n) is 2.67. The van der Waals surface area contributed by atoms with E-state index in [1.165, 1.54) is 19.3 Å². The highest BCUT2D eigenvalue weighted by Crippen LogP contribution is 2.39. The zero-order valence-corrected chi connectivity index (χ0v) is 10.8. The lowest BCUT2D eigenvalue weighted by atomic mass is 9.69. The van der Waals surface area contributed by atoms with Gasteiger partial charge in [-0.3, -0.25) is 0 Å². The van der Waals surface area contributed by atoms with E-state index in [9.17, 15) is 0 Å². The molecule has 1 aliphatic carbocycles. The maximum atomic E-state index is 5.87.